The molecule has 1 saturated carbocycles. The molecule has 0 aromatic heterocycles. The van der Waals surface area contributed by atoms with E-state index in [2.05, 4.69) is 0 Å². The molecule has 2 atom stereocenters. The van der Waals surface area contributed by atoms with Crippen molar-refractivity contribution in [2.75, 3.05) is 0 Å². The molecule has 1 fully saturated rings. The van der Waals surface area contributed by atoms with Crippen LogP contribution in [-0.4, -0.2) is 22.2 Å². The zero-order chi connectivity index (χ0) is 10.2. The second kappa shape index (κ2) is 3.01. The number of carboxylic acid groups (broad SMARTS) is 2. The van der Waals surface area contributed by atoms with Gasteiger partial charge in [0.25, 0.3) is 0 Å². The molecule has 0 saturated heterocycles. The van der Waals surface area contributed by atoms with Crippen LogP contribution >= 0.6 is 0 Å². The Morgan fingerprint density at radius 1 is 1.08 bits per heavy atom. The molecule has 0 spiro atoms. The maximum absolute atomic E-state index is 10.9. The summed E-state index contributed by atoms with van der Waals surface area (Å²) in [7, 11) is 0. The lowest BCUT2D eigenvalue weighted by molar-refractivity contribution is -0.158. The van der Waals surface area contributed by atoms with Gasteiger partial charge in [-0.2, -0.15) is 0 Å². The Bertz CT molecular complexity index is 220. The maximum Gasteiger partial charge on any atom is 0.321 e. The van der Waals surface area contributed by atoms with E-state index in [1.54, 1.807) is 0 Å². The van der Waals surface area contributed by atoms with Crippen molar-refractivity contribution in [2.45, 2.75) is 26.7 Å². The Labute approximate surface area is 76.6 Å². The van der Waals surface area contributed by atoms with Crippen LogP contribution in [0, 0.1) is 17.3 Å². The molecule has 1 aliphatic rings. The lowest BCUT2D eigenvalue weighted by atomic mass is 10.0. The SMILES string of the molecule is CCC1C(CC)C1(C(=O)O)C(=O)O. The highest BCUT2D eigenvalue weighted by Gasteiger charge is 2.73. The highest BCUT2D eigenvalue weighted by Crippen LogP contribution is 2.62. The predicted octanol–water partition coefficient (Wildman–Crippen LogP) is 1.21. The third-order valence-corrected chi connectivity index (χ3v) is 3.13. The Morgan fingerprint density at radius 2 is 1.38 bits per heavy atom. The summed E-state index contributed by atoms with van der Waals surface area (Å²) < 4.78 is 0. The largest absolute Gasteiger partial charge is 0.480 e. The molecule has 74 valence electrons. The molecule has 1 aliphatic carbocycles. The molecule has 0 heterocycles. The van der Waals surface area contributed by atoms with E-state index < -0.39 is 17.4 Å². The zero-order valence-electron chi connectivity index (χ0n) is 7.78. The molecule has 4 nitrogen and oxygen atoms in total. The number of carbonyl (C=O) groups is 2. The van der Waals surface area contributed by atoms with Gasteiger partial charge in [0.2, 0.25) is 0 Å². The molecule has 4 heteroatoms. The van der Waals surface area contributed by atoms with Crippen LogP contribution in [0.4, 0.5) is 0 Å². The first kappa shape index (κ1) is 10.0. The van der Waals surface area contributed by atoms with Crippen LogP contribution in [0.2, 0.25) is 0 Å². The van der Waals surface area contributed by atoms with Gasteiger partial charge in [0, 0.05) is 0 Å². The first-order valence-corrected chi connectivity index (χ1v) is 4.50. The fourth-order valence-electron chi connectivity index (χ4n) is 2.48. The van der Waals surface area contributed by atoms with Crippen LogP contribution in [0.1, 0.15) is 26.7 Å². The van der Waals surface area contributed by atoms with Crippen molar-refractivity contribution in [3.05, 3.63) is 0 Å². The first-order chi connectivity index (χ1) is 6.03. The lowest BCUT2D eigenvalue weighted by Crippen LogP contribution is -2.29. The quantitative estimate of drug-likeness (QED) is 0.647. The third kappa shape index (κ3) is 1.04. The molecule has 2 unspecified atom stereocenters. The normalized spacial score (nSPS) is 29.7. The van der Waals surface area contributed by atoms with Crippen molar-refractivity contribution in [2.24, 2.45) is 17.3 Å². The van der Waals surface area contributed by atoms with Crippen LogP contribution in [0.25, 0.3) is 0 Å². The summed E-state index contributed by atoms with van der Waals surface area (Å²) in [4.78, 5) is 21.8. The van der Waals surface area contributed by atoms with Gasteiger partial charge in [-0.25, -0.2) is 0 Å². The second-order valence-electron chi connectivity index (χ2n) is 3.51. The van der Waals surface area contributed by atoms with Gasteiger partial charge in [0.15, 0.2) is 5.41 Å². The summed E-state index contributed by atoms with van der Waals surface area (Å²) in [5, 5.41) is 17.8. The lowest BCUT2D eigenvalue weighted by Gasteiger charge is -2.05. The fraction of sp³-hybridized carbons (Fsp3) is 0.778. The number of rotatable bonds is 4. The summed E-state index contributed by atoms with van der Waals surface area (Å²) in [5.74, 6) is -2.74. The van der Waals surface area contributed by atoms with Crippen molar-refractivity contribution in [1.82, 2.24) is 0 Å². The van der Waals surface area contributed by atoms with Crippen LogP contribution in [0.5, 0.6) is 0 Å². The molecule has 0 radical (unpaired) electrons. The van der Waals surface area contributed by atoms with Gasteiger partial charge in [-0.05, 0) is 11.8 Å². The first-order valence-electron chi connectivity index (χ1n) is 4.50. The zero-order valence-corrected chi connectivity index (χ0v) is 7.78. The fourth-order valence-corrected chi connectivity index (χ4v) is 2.48. The molecule has 2 N–H and O–H groups in total. The minimum absolute atomic E-state index is 0.188. The van der Waals surface area contributed by atoms with Gasteiger partial charge in [-0.1, -0.05) is 26.7 Å². The second-order valence-corrected chi connectivity index (χ2v) is 3.51. The van der Waals surface area contributed by atoms with Crippen molar-refractivity contribution >= 4 is 11.9 Å². The summed E-state index contributed by atoms with van der Waals surface area (Å²) in [6.45, 7) is 3.67. The smallest absolute Gasteiger partial charge is 0.321 e. The minimum Gasteiger partial charge on any atom is -0.480 e. The predicted molar refractivity (Wildman–Crippen MR) is 45.3 cm³/mol. The van der Waals surface area contributed by atoms with Crippen molar-refractivity contribution in [1.29, 1.82) is 0 Å². The molecular formula is C9H14O4. The Kier molecular flexibility index (Phi) is 2.32. The minimum atomic E-state index is -1.48. The molecule has 0 amide bonds. The summed E-state index contributed by atoms with van der Waals surface area (Å²) in [6, 6.07) is 0. The number of carboxylic acids is 2. The van der Waals surface area contributed by atoms with E-state index in [0.717, 1.165) is 0 Å². The maximum atomic E-state index is 10.9. The van der Waals surface area contributed by atoms with E-state index in [9.17, 15) is 9.59 Å². The topological polar surface area (TPSA) is 74.6 Å². The van der Waals surface area contributed by atoms with Gasteiger partial charge >= 0.3 is 11.9 Å². The summed E-state index contributed by atoms with van der Waals surface area (Å²) in [6.07, 6.45) is 1.24. The molecule has 0 aromatic rings. The Hall–Kier alpha value is -1.06. The molecule has 0 aliphatic heterocycles. The highest BCUT2D eigenvalue weighted by atomic mass is 16.4. The summed E-state index contributed by atoms with van der Waals surface area (Å²) >= 11 is 0. The van der Waals surface area contributed by atoms with Crippen LogP contribution in [-0.2, 0) is 9.59 Å². The van der Waals surface area contributed by atoms with E-state index in [1.165, 1.54) is 0 Å². The Balaban J connectivity index is 2.96. The van der Waals surface area contributed by atoms with Gasteiger partial charge < -0.3 is 10.2 Å². The number of aliphatic carboxylic acids is 2. The van der Waals surface area contributed by atoms with Crippen molar-refractivity contribution < 1.29 is 19.8 Å². The van der Waals surface area contributed by atoms with Gasteiger partial charge in [-0.3, -0.25) is 9.59 Å². The highest BCUT2D eigenvalue weighted by molar-refractivity contribution is 6.02. The van der Waals surface area contributed by atoms with Gasteiger partial charge in [-0.15, -0.1) is 0 Å². The standard InChI is InChI=1S/C9H14O4/c1-3-5-6(4-2)9(5,7(10)11)8(12)13/h5-6H,3-4H2,1-2H3,(H,10,11)(H,12,13). The third-order valence-electron chi connectivity index (χ3n) is 3.13. The van der Waals surface area contributed by atoms with Gasteiger partial charge in [0.1, 0.15) is 0 Å². The van der Waals surface area contributed by atoms with E-state index in [4.69, 9.17) is 10.2 Å². The Morgan fingerprint density at radius 3 is 1.46 bits per heavy atom. The molecule has 13 heavy (non-hydrogen) atoms. The van der Waals surface area contributed by atoms with Crippen LogP contribution in [0.3, 0.4) is 0 Å². The van der Waals surface area contributed by atoms with Crippen LogP contribution in [0.15, 0.2) is 0 Å². The number of hydrogen-bond acceptors (Lipinski definition) is 2. The average Bonchev–Trinajstić information content (AvgIpc) is 2.72. The summed E-state index contributed by atoms with van der Waals surface area (Å²) in [5.41, 5.74) is -1.48. The average molecular weight is 186 g/mol. The molecule has 1 rings (SSSR count). The van der Waals surface area contributed by atoms with E-state index in [1.807, 2.05) is 13.8 Å². The van der Waals surface area contributed by atoms with Gasteiger partial charge in [0.05, 0.1) is 0 Å². The number of hydrogen-bond donors (Lipinski definition) is 2. The molecule has 0 bridgehead atoms. The van der Waals surface area contributed by atoms with E-state index in [-0.39, 0.29) is 11.8 Å². The van der Waals surface area contributed by atoms with Crippen molar-refractivity contribution in [3.63, 3.8) is 0 Å². The van der Waals surface area contributed by atoms with Crippen LogP contribution < -0.4 is 0 Å². The van der Waals surface area contributed by atoms with E-state index >= 15 is 0 Å². The van der Waals surface area contributed by atoms with Crippen molar-refractivity contribution in [3.8, 4) is 0 Å². The molecule has 0 aromatic carbocycles. The monoisotopic (exact) mass is 186 g/mol. The van der Waals surface area contributed by atoms with E-state index in [0.29, 0.717) is 12.8 Å². The molecular weight excluding hydrogens is 172 g/mol.